The summed E-state index contributed by atoms with van der Waals surface area (Å²) in [5, 5.41) is 9.04. The molecule has 0 fully saturated rings. The van der Waals surface area contributed by atoms with Gasteiger partial charge in [0.25, 0.3) is 0 Å². The van der Waals surface area contributed by atoms with Gasteiger partial charge in [0.2, 0.25) is 0 Å². The molecule has 0 radical (unpaired) electrons. The predicted molar refractivity (Wildman–Crippen MR) is 147 cm³/mol. The molecule has 0 aliphatic rings. The first-order chi connectivity index (χ1) is 14.5. The highest BCUT2D eigenvalue weighted by atomic mass is 35.5. The number of hydrogen-bond acceptors (Lipinski definition) is 5. The molecule has 2 N–H and O–H groups in total. The lowest BCUT2D eigenvalue weighted by atomic mass is 10.1. The number of pyridine rings is 1. The van der Waals surface area contributed by atoms with Crippen LogP contribution in [-0.2, 0) is 0 Å². The maximum atomic E-state index is 5.91. The topological polar surface area (TPSA) is 55.4 Å². The summed E-state index contributed by atoms with van der Waals surface area (Å²) >= 11 is 0. The molecule has 0 saturated carbocycles. The largest absolute Gasteiger partial charge is 0.493 e. The molecule has 0 aliphatic heterocycles. The fraction of sp³-hybridized carbons (Fsp3) is 0.480. The Labute approximate surface area is 216 Å². The van der Waals surface area contributed by atoms with Crippen molar-refractivity contribution in [3.05, 3.63) is 42.5 Å². The predicted octanol–water partition coefficient (Wildman–Crippen LogP) is 6.19. The lowest BCUT2D eigenvalue weighted by Gasteiger charge is -2.11. The third kappa shape index (κ3) is 10.5. The molecule has 0 spiro atoms. The van der Waals surface area contributed by atoms with Crippen molar-refractivity contribution in [3.63, 3.8) is 0 Å². The number of fused-ring (bicyclic) bond motifs is 2. The Morgan fingerprint density at radius 3 is 1.48 bits per heavy atom. The second-order valence-corrected chi connectivity index (χ2v) is 8.32. The molecular weight excluding hydrogens is 481 g/mol. The van der Waals surface area contributed by atoms with Crippen molar-refractivity contribution in [2.75, 3.05) is 26.3 Å². The Morgan fingerprint density at radius 2 is 1.09 bits per heavy atom. The van der Waals surface area contributed by atoms with Crippen LogP contribution in [0, 0.1) is 0 Å². The maximum absolute atomic E-state index is 5.91. The highest BCUT2D eigenvalue weighted by molar-refractivity contribution is 5.93. The van der Waals surface area contributed by atoms with Gasteiger partial charge in [-0.15, -0.1) is 37.2 Å². The summed E-state index contributed by atoms with van der Waals surface area (Å²) in [5.41, 5.74) is 1.89. The number of nitrogens with one attached hydrogen (secondary N) is 2. The van der Waals surface area contributed by atoms with Crippen LogP contribution < -0.4 is 20.1 Å². The molecule has 0 bridgehead atoms. The van der Waals surface area contributed by atoms with Crippen LogP contribution in [0.5, 0.6) is 11.5 Å². The van der Waals surface area contributed by atoms with Crippen molar-refractivity contribution in [2.45, 2.75) is 52.6 Å². The number of hydrogen-bond donors (Lipinski definition) is 2. The molecule has 0 saturated heterocycles. The van der Waals surface area contributed by atoms with E-state index in [1.807, 2.05) is 24.3 Å². The van der Waals surface area contributed by atoms with Gasteiger partial charge < -0.3 is 20.1 Å². The number of halogens is 3. The minimum atomic E-state index is 0. The van der Waals surface area contributed by atoms with E-state index in [1.165, 1.54) is 0 Å². The van der Waals surface area contributed by atoms with E-state index in [4.69, 9.17) is 14.5 Å². The zero-order chi connectivity index (χ0) is 21.3. The quantitative estimate of drug-likeness (QED) is 0.221. The SMILES string of the molecule is CC(C)NCCCOc1ccc2cc3ccc(OCCCNC(C)C)cc3nc2c1.Cl.Cl.Cl. The Hall–Kier alpha value is -1.50. The van der Waals surface area contributed by atoms with Crippen LogP contribution >= 0.6 is 37.2 Å². The number of benzene rings is 2. The lowest BCUT2D eigenvalue weighted by Crippen LogP contribution is -2.24. The van der Waals surface area contributed by atoms with E-state index in [0.717, 1.165) is 59.2 Å². The van der Waals surface area contributed by atoms with Gasteiger partial charge in [0.1, 0.15) is 11.5 Å². The summed E-state index contributed by atoms with van der Waals surface area (Å²) in [7, 11) is 0. The second-order valence-electron chi connectivity index (χ2n) is 8.32. The summed E-state index contributed by atoms with van der Waals surface area (Å²) in [6, 6.07) is 15.4. The van der Waals surface area contributed by atoms with E-state index in [9.17, 15) is 0 Å². The minimum absolute atomic E-state index is 0. The van der Waals surface area contributed by atoms with Gasteiger partial charge in [0.15, 0.2) is 0 Å². The van der Waals surface area contributed by atoms with Gasteiger partial charge >= 0.3 is 0 Å². The second kappa shape index (κ2) is 16.2. The van der Waals surface area contributed by atoms with Gasteiger partial charge in [-0.05, 0) is 56.3 Å². The Morgan fingerprint density at radius 1 is 0.667 bits per heavy atom. The van der Waals surface area contributed by atoms with E-state index < -0.39 is 0 Å². The van der Waals surface area contributed by atoms with Gasteiger partial charge in [0, 0.05) is 35.0 Å². The highest BCUT2D eigenvalue weighted by Crippen LogP contribution is 2.26. The first-order valence-electron chi connectivity index (χ1n) is 11.1. The van der Waals surface area contributed by atoms with Gasteiger partial charge in [0.05, 0.1) is 24.2 Å². The van der Waals surface area contributed by atoms with E-state index in [-0.39, 0.29) is 37.2 Å². The molecule has 0 unspecified atom stereocenters. The molecule has 3 aromatic rings. The van der Waals surface area contributed by atoms with Gasteiger partial charge in [-0.1, -0.05) is 27.7 Å². The lowest BCUT2D eigenvalue weighted by molar-refractivity contribution is 0.306. The molecule has 2 aromatic carbocycles. The molecule has 0 aliphatic carbocycles. The fourth-order valence-electron chi connectivity index (χ4n) is 3.27. The fourth-order valence-corrected chi connectivity index (χ4v) is 3.27. The highest BCUT2D eigenvalue weighted by Gasteiger charge is 2.05. The van der Waals surface area contributed by atoms with Crippen molar-refractivity contribution in [3.8, 4) is 11.5 Å². The van der Waals surface area contributed by atoms with Crippen LogP contribution in [-0.4, -0.2) is 43.4 Å². The molecule has 5 nitrogen and oxygen atoms in total. The summed E-state index contributed by atoms with van der Waals surface area (Å²) < 4.78 is 11.8. The maximum Gasteiger partial charge on any atom is 0.121 e. The van der Waals surface area contributed by atoms with E-state index in [0.29, 0.717) is 25.3 Å². The zero-order valence-electron chi connectivity index (χ0n) is 19.9. The van der Waals surface area contributed by atoms with E-state index in [1.54, 1.807) is 0 Å². The normalized spacial score (nSPS) is 10.6. The first-order valence-corrected chi connectivity index (χ1v) is 11.1. The number of rotatable bonds is 12. The van der Waals surface area contributed by atoms with Crippen molar-refractivity contribution in [1.29, 1.82) is 0 Å². The van der Waals surface area contributed by atoms with Crippen LogP contribution in [0.25, 0.3) is 21.8 Å². The standard InChI is InChI=1S/C25H35N3O2.3ClH/c1-18(2)26-11-5-13-29-22-9-7-20-15-21-8-10-23(17-25(21)28-24(20)16-22)30-14-6-12-27-19(3)4;;;/h7-10,15-19,26-27H,5-6,11-14H2,1-4H3;3*1H. The van der Waals surface area contributed by atoms with Crippen LogP contribution in [0.15, 0.2) is 42.5 Å². The molecule has 1 aromatic heterocycles. The zero-order valence-corrected chi connectivity index (χ0v) is 22.4. The first kappa shape index (κ1) is 31.5. The summed E-state index contributed by atoms with van der Waals surface area (Å²) in [5.74, 6) is 1.73. The molecule has 186 valence electrons. The van der Waals surface area contributed by atoms with Crippen LogP contribution in [0.3, 0.4) is 0 Å². The third-order valence-corrected chi connectivity index (χ3v) is 4.84. The van der Waals surface area contributed by atoms with Crippen molar-refractivity contribution >= 4 is 59.0 Å². The Bertz CT molecular complexity index is 882. The van der Waals surface area contributed by atoms with Crippen molar-refractivity contribution in [2.24, 2.45) is 0 Å². The summed E-state index contributed by atoms with van der Waals surface area (Å²) in [4.78, 5) is 4.85. The van der Waals surface area contributed by atoms with Gasteiger partial charge in [-0.2, -0.15) is 0 Å². The smallest absolute Gasteiger partial charge is 0.121 e. The molecule has 3 rings (SSSR count). The number of nitrogens with zero attached hydrogens (tertiary/aromatic N) is 1. The minimum Gasteiger partial charge on any atom is -0.493 e. The van der Waals surface area contributed by atoms with Crippen molar-refractivity contribution < 1.29 is 9.47 Å². The molecule has 1 heterocycles. The van der Waals surface area contributed by atoms with Gasteiger partial charge in [-0.25, -0.2) is 4.98 Å². The van der Waals surface area contributed by atoms with Crippen LogP contribution in [0.1, 0.15) is 40.5 Å². The van der Waals surface area contributed by atoms with E-state index >= 15 is 0 Å². The molecule has 0 amide bonds. The van der Waals surface area contributed by atoms with E-state index in [2.05, 4.69) is 56.5 Å². The average molecular weight is 519 g/mol. The molecule has 8 heteroatoms. The summed E-state index contributed by atoms with van der Waals surface area (Å²) in [6.07, 6.45) is 1.96. The number of aromatic nitrogens is 1. The van der Waals surface area contributed by atoms with Crippen molar-refractivity contribution in [1.82, 2.24) is 15.6 Å². The molecule has 33 heavy (non-hydrogen) atoms. The third-order valence-electron chi connectivity index (χ3n) is 4.84. The monoisotopic (exact) mass is 517 g/mol. The molecule has 0 atom stereocenters. The Balaban J connectivity index is 0.00000341. The van der Waals surface area contributed by atoms with Crippen LogP contribution in [0.4, 0.5) is 0 Å². The summed E-state index contributed by atoms with van der Waals surface area (Å²) in [6.45, 7) is 11.9. The average Bonchev–Trinajstić information content (AvgIpc) is 2.71. The molecular formula is C25H38Cl3N3O2. The van der Waals surface area contributed by atoms with Crippen LogP contribution in [0.2, 0.25) is 0 Å². The number of ether oxygens (including phenoxy) is 2. The Kier molecular flexibility index (Phi) is 15.4. The van der Waals surface area contributed by atoms with Gasteiger partial charge in [-0.3, -0.25) is 0 Å².